The molecule has 0 saturated carbocycles. The molecule has 114 valence electrons. The van der Waals surface area contributed by atoms with E-state index in [1.165, 1.54) is 6.26 Å². The van der Waals surface area contributed by atoms with Gasteiger partial charge in [0.25, 0.3) is 0 Å². The third-order valence-electron chi connectivity index (χ3n) is 3.64. The van der Waals surface area contributed by atoms with E-state index in [9.17, 15) is 8.42 Å². The maximum atomic E-state index is 11.6. The van der Waals surface area contributed by atoms with Gasteiger partial charge in [-0.25, -0.2) is 12.7 Å². The van der Waals surface area contributed by atoms with Gasteiger partial charge in [0.15, 0.2) is 0 Å². The number of hydrogen-bond donors (Lipinski definition) is 1. The Morgan fingerprint density at radius 1 is 1.55 bits per heavy atom. The maximum absolute atomic E-state index is 11.6. The van der Waals surface area contributed by atoms with Gasteiger partial charge >= 0.3 is 0 Å². The predicted octanol–water partition coefficient (Wildman–Crippen LogP) is 0.444. The molecule has 1 aliphatic heterocycles. The minimum Gasteiger partial charge on any atom is -0.328 e. The average molecular weight is 300 g/mol. The van der Waals surface area contributed by atoms with Gasteiger partial charge in [-0.2, -0.15) is 5.10 Å². The smallest absolute Gasteiger partial charge is 0.211 e. The van der Waals surface area contributed by atoms with Crippen molar-refractivity contribution < 1.29 is 8.42 Å². The normalized spacial score (nSPS) is 22.9. The molecule has 7 heteroatoms. The highest BCUT2D eigenvalue weighted by Crippen LogP contribution is 2.20. The average Bonchev–Trinajstić information content (AvgIpc) is 2.75. The van der Waals surface area contributed by atoms with Crippen LogP contribution in [0.5, 0.6) is 0 Å². The van der Waals surface area contributed by atoms with Crippen molar-refractivity contribution in [1.82, 2.24) is 14.1 Å². The first kappa shape index (κ1) is 15.5. The standard InChI is InChI=1S/C13H24N4O2S/c1-11(14)6-13-7-15-16(9-13)8-12-4-3-5-17(10-12)20(2,18)19/h7,9,11-12H,3-6,8,10,14H2,1-2H3. The summed E-state index contributed by atoms with van der Waals surface area (Å²) in [6.07, 6.45) is 7.94. The first-order valence-electron chi connectivity index (χ1n) is 7.06. The Balaban J connectivity index is 1.94. The van der Waals surface area contributed by atoms with Crippen LogP contribution >= 0.6 is 0 Å². The minimum atomic E-state index is -3.07. The second kappa shape index (κ2) is 6.24. The topological polar surface area (TPSA) is 81.2 Å². The Kier molecular flexibility index (Phi) is 4.82. The fourth-order valence-electron chi connectivity index (χ4n) is 2.73. The van der Waals surface area contributed by atoms with E-state index in [0.717, 1.165) is 31.4 Å². The molecular weight excluding hydrogens is 276 g/mol. The number of hydrogen-bond acceptors (Lipinski definition) is 4. The molecule has 1 aromatic heterocycles. The maximum Gasteiger partial charge on any atom is 0.211 e. The van der Waals surface area contributed by atoms with Crippen LogP contribution in [0, 0.1) is 5.92 Å². The highest BCUT2D eigenvalue weighted by atomic mass is 32.2. The van der Waals surface area contributed by atoms with Gasteiger partial charge in [-0.05, 0) is 37.7 Å². The van der Waals surface area contributed by atoms with E-state index in [-0.39, 0.29) is 6.04 Å². The molecule has 6 nitrogen and oxygen atoms in total. The summed E-state index contributed by atoms with van der Waals surface area (Å²) in [6.45, 7) is 3.99. The number of aromatic nitrogens is 2. The molecule has 1 aliphatic rings. The first-order valence-corrected chi connectivity index (χ1v) is 8.91. The van der Waals surface area contributed by atoms with Crippen molar-refractivity contribution in [3.8, 4) is 0 Å². The van der Waals surface area contributed by atoms with Crippen molar-refractivity contribution >= 4 is 10.0 Å². The molecule has 0 aliphatic carbocycles. The molecule has 20 heavy (non-hydrogen) atoms. The second-order valence-corrected chi connectivity index (χ2v) is 7.86. The summed E-state index contributed by atoms with van der Waals surface area (Å²) in [5.74, 6) is 0.335. The van der Waals surface area contributed by atoms with E-state index in [1.807, 2.05) is 24.0 Å². The number of rotatable bonds is 5. The number of sulfonamides is 1. The zero-order valence-electron chi connectivity index (χ0n) is 12.2. The van der Waals surface area contributed by atoms with E-state index in [2.05, 4.69) is 5.10 Å². The molecule has 1 fully saturated rings. The van der Waals surface area contributed by atoms with E-state index in [4.69, 9.17) is 5.73 Å². The lowest BCUT2D eigenvalue weighted by atomic mass is 10.00. The molecule has 2 heterocycles. The lowest BCUT2D eigenvalue weighted by molar-refractivity contribution is 0.240. The molecule has 0 radical (unpaired) electrons. The highest BCUT2D eigenvalue weighted by molar-refractivity contribution is 7.88. The van der Waals surface area contributed by atoms with Gasteiger partial charge in [-0.15, -0.1) is 0 Å². The zero-order valence-corrected chi connectivity index (χ0v) is 13.0. The molecule has 2 unspecified atom stereocenters. The van der Waals surface area contributed by atoms with E-state index in [0.29, 0.717) is 19.0 Å². The van der Waals surface area contributed by atoms with Crippen molar-refractivity contribution in [3.63, 3.8) is 0 Å². The molecule has 1 aromatic rings. The van der Waals surface area contributed by atoms with Crippen LogP contribution in [-0.4, -0.2) is 47.9 Å². The lowest BCUT2D eigenvalue weighted by Gasteiger charge is -2.30. The Hall–Kier alpha value is -0.920. The van der Waals surface area contributed by atoms with E-state index in [1.54, 1.807) is 4.31 Å². The SMILES string of the molecule is CC(N)Cc1cnn(CC2CCCN(S(C)(=O)=O)C2)c1. The van der Waals surface area contributed by atoms with Crippen molar-refractivity contribution in [2.45, 2.75) is 38.8 Å². The molecular formula is C13H24N4O2S. The third-order valence-corrected chi connectivity index (χ3v) is 4.91. The molecule has 0 aromatic carbocycles. The van der Waals surface area contributed by atoms with Gasteiger partial charge in [0.1, 0.15) is 0 Å². The van der Waals surface area contributed by atoms with Crippen molar-refractivity contribution in [3.05, 3.63) is 18.0 Å². The second-order valence-electron chi connectivity index (χ2n) is 5.88. The summed E-state index contributed by atoms with van der Waals surface area (Å²) in [5.41, 5.74) is 6.91. The Morgan fingerprint density at radius 3 is 2.95 bits per heavy atom. The van der Waals surface area contributed by atoms with Gasteiger partial charge in [0.05, 0.1) is 12.5 Å². The number of nitrogens with zero attached hydrogens (tertiary/aromatic N) is 3. The molecule has 0 spiro atoms. The van der Waals surface area contributed by atoms with Crippen LogP contribution in [0.25, 0.3) is 0 Å². The Bertz CT molecular complexity index is 538. The van der Waals surface area contributed by atoms with Crippen molar-refractivity contribution in [1.29, 1.82) is 0 Å². The lowest BCUT2D eigenvalue weighted by Crippen LogP contribution is -2.40. The Labute approximate surface area is 121 Å². The van der Waals surface area contributed by atoms with Gasteiger partial charge in [-0.3, -0.25) is 4.68 Å². The predicted molar refractivity (Wildman–Crippen MR) is 78.7 cm³/mol. The fourth-order valence-corrected chi connectivity index (χ4v) is 3.67. The highest BCUT2D eigenvalue weighted by Gasteiger charge is 2.26. The minimum absolute atomic E-state index is 0.128. The quantitative estimate of drug-likeness (QED) is 0.856. The monoisotopic (exact) mass is 300 g/mol. The van der Waals surface area contributed by atoms with Crippen molar-refractivity contribution in [2.24, 2.45) is 11.7 Å². The number of nitrogens with two attached hydrogens (primary N) is 1. The van der Waals surface area contributed by atoms with Gasteiger partial charge in [0.2, 0.25) is 10.0 Å². The molecule has 0 amide bonds. The summed E-state index contributed by atoms with van der Waals surface area (Å²) < 4.78 is 26.7. The molecule has 2 atom stereocenters. The number of piperidine rings is 1. The van der Waals surface area contributed by atoms with Crippen LogP contribution in [0.4, 0.5) is 0 Å². The fraction of sp³-hybridized carbons (Fsp3) is 0.769. The molecule has 1 saturated heterocycles. The van der Waals surface area contributed by atoms with Crippen LogP contribution < -0.4 is 5.73 Å². The van der Waals surface area contributed by atoms with Gasteiger partial charge in [-0.1, -0.05) is 0 Å². The van der Waals surface area contributed by atoms with E-state index < -0.39 is 10.0 Å². The van der Waals surface area contributed by atoms with Crippen LogP contribution in [0.15, 0.2) is 12.4 Å². The van der Waals surface area contributed by atoms with Crippen LogP contribution in [0.1, 0.15) is 25.3 Å². The van der Waals surface area contributed by atoms with Gasteiger partial charge in [0, 0.05) is 31.9 Å². The largest absolute Gasteiger partial charge is 0.328 e. The summed E-state index contributed by atoms with van der Waals surface area (Å²) in [7, 11) is -3.07. The molecule has 0 bridgehead atoms. The summed E-state index contributed by atoms with van der Waals surface area (Å²) in [6, 6.07) is 0.128. The summed E-state index contributed by atoms with van der Waals surface area (Å²) >= 11 is 0. The Morgan fingerprint density at radius 2 is 2.30 bits per heavy atom. The summed E-state index contributed by atoms with van der Waals surface area (Å²) in [5, 5.41) is 4.34. The van der Waals surface area contributed by atoms with Crippen molar-refractivity contribution in [2.75, 3.05) is 19.3 Å². The van der Waals surface area contributed by atoms with Gasteiger partial charge < -0.3 is 5.73 Å². The first-order chi connectivity index (χ1) is 9.34. The van der Waals surface area contributed by atoms with E-state index >= 15 is 0 Å². The zero-order chi connectivity index (χ0) is 14.8. The van der Waals surface area contributed by atoms with Crippen LogP contribution in [0.2, 0.25) is 0 Å². The molecule has 2 rings (SSSR count). The van der Waals surface area contributed by atoms with Crippen LogP contribution in [0.3, 0.4) is 0 Å². The molecule has 2 N–H and O–H groups in total. The summed E-state index contributed by atoms with van der Waals surface area (Å²) in [4.78, 5) is 0. The van der Waals surface area contributed by atoms with Crippen LogP contribution in [-0.2, 0) is 23.0 Å². The third kappa shape index (κ3) is 4.29.